The molecule has 0 spiro atoms. The van der Waals surface area contributed by atoms with Gasteiger partial charge in [0.15, 0.2) is 5.82 Å². The Morgan fingerprint density at radius 1 is 1.03 bits per heavy atom. The maximum Gasteiger partial charge on any atom is 0.205 e. The third-order valence-corrected chi connectivity index (χ3v) is 5.32. The highest BCUT2D eigenvalue weighted by atomic mass is 32.1. The van der Waals surface area contributed by atoms with Gasteiger partial charge >= 0.3 is 0 Å². The Balaban J connectivity index is 1.50. The molecule has 0 aliphatic heterocycles. The molecule has 0 saturated carbocycles. The number of benzene rings is 2. The maximum absolute atomic E-state index is 4.71. The zero-order valence-corrected chi connectivity index (χ0v) is 18.1. The van der Waals surface area contributed by atoms with E-state index in [-0.39, 0.29) is 5.92 Å². The number of tetrazole rings is 1. The molecule has 2 heterocycles. The Hall–Kier alpha value is -3.44. The van der Waals surface area contributed by atoms with Gasteiger partial charge in [0.05, 0.1) is 0 Å². The third kappa shape index (κ3) is 5.01. The third-order valence-electron chi connectivity index (χ3n) is 5.07. The highest BCUT2D eigenvalue weighted by molar-refractivity contribution is 7.80. The molecule has 0 saturated heterocycles. The second-order valence-corrected chi connectivity index (χ2v) is 7.58. The molecule has 0 fully saturated rings. The molecular formula is C23H23N7S. The van der Waals surface area contributed by atoms with Crippen molar-refractivity contribution < 1.29 is 0 Å². The van der Waals surface area contributed by atoms with Crippen molar-refractivity contribution in [2.45, 2.75) is 32.1 Å². The number of hydrogen-bond acceptors (Lipinski definition) is 6. The molecule has 7 nitrogen and oxygen atoms in total. The lowest BCUT2D eigenvalue weighted by molar-refractivity contribution is 0.646. The molecule has 156 valence electrons. The van der Waals surface area contributed by atoms with Crippen molar-refractivity contribution in [2.24, 2.45) is 0 Å². The van der Waals surface area contributed by atoms with Crippen molar-refractivity contribution in [3.8, 4) is 34.4 Å². The van der Waals surface area contributed by atoms with E-state index in [9.17, 15) is 0 Å². The summed E-state index contributed by atoms with van der Waals surface area (Å²) in [7, 11) is 0. The van der Waals surface area contributed by atoms with Crippen LogP contribution in [0.25, 0.3) is 22.5 Å². The van der Waals surface area contributed by atoms with E-state index in [2.05, 4.69) is 85.6 Å². The van der Waals surface area contributed by atoms with Gasteiger partial charge in [0.1, 0.15) is 5.82 Å². The van der Waals surface area contributed by atoms with Gasteiger partial charge in [-0.05, 0) is 41.0 Å². The quantitative estimate of drug-likeness (QED) is 0.290. The summed E-state index contributed by atoms with van der Waals surface area (Å²) in [5.74, 6) is 9.33. The predicted octanol–water partition coefficient (Wildman–Crippen LogP) is 4.06. The number of rotatable bonds is 8. The van der Waals surface area contributed by atoms with Crippen molar-refractivity contribution in [1.82, 2.24) is 35.8 Å². The Kier molecular flexibility index (Phi) is 6.75. The van der Waals surface area contributed by atoms with Gasteiger partial charge in [0.2, 0.25) is 5.82 Å². The van der Waals surface area contributed by atoms with Gasteiger partial charge in [-0.2, -0.15) is 22.9 Å². The maximum atomic E-state index is 4.71. The van der Waals surface area contributed by atoms with Crippen molar-refractivity contribution in [3.63, 3.8) is 0 Å². The normalized spacial score (nSPS) is 11.7. The van der Waals surface area contributed by atoms with Crippen LogP contribution in [0.15, 0.2) is 48.5 Å². The van der Waals surface area contributed by atoms with Gasteiger partial charge in [-0.15, -0.1) is 22.0 Å². The number of hydrogen-bond donors (Lipinski definition) is 3. The number of thiol groups is 1. The Morgan fingerprint density at radius 2 is 1.84 bits per heavy atom. The average molecular weight is 430 g/mol. The van der Waals surface area contributed by atoms with Crippen LogP contribution in [0.4, 0.5) is 0 Å². The van der Waals surface area contributed by atoms with Crippen molar-refractivity contribution in [2.75, 3.05) is 5.75 Å². The van der Waals surface area contributed by atoms with E-state index in [1.54, 1.807) is 0 Å². The number of aromatic amines is 2. The molecule has 2 aromatic carbocycles. The molecule has 0 amide bonds. The number of nitrogens with zero attached hydrogens (tertiary/aromatic N) is 5. The van der Waals surface area contributed by atoms with E-state index in [1.807, 2.05) is 25.1 Å². The van der Waals surface area contributed by atoms with Crippen LogP contribution < -0.4 is 0 Å². The standard InChI is InChI=1S/C23H23N7S/c1-2-3-6-18(13-14-31)22-24-21(25-26-22)15-16-9-11-17(12-10-16)19-7-4-5-8-20(19)23-27-29-30-28-23/h4-5,7-12,18,31H,6,13-15H2,1H3,(H,24,25,26)(H,27,28,29,30). The number of aromatic nitrogens is 7. The molecule has 4 aromatic rings. The van der Waals surface area contributed by atoms with Crippen LogP contribution in [0.2, 0.25) is 0 Å². The lowest BCUT2D eigenvalue weighted by Gasteiger charge is -2.08. The highest BCUT2D eigenvalue weighted by Crippen LogP contribution is 2.30. The minimum absolute atomic E-state index is 0.207. The Labute approximate surface area is 186 Å². The highest BCUT2D eigenvalue weighted by Gasteiger charge is 2.16. The number of nitrogens with one attached hydrogen (secondary N) is 2. The molecule has 0 aliphatic rings. The van der Waals surface area contributed by atoms with E-state index in [4.69, 9.17) is 4.98 Å². The van der Waals surface area contributed by atoms with E-state index < -0.39 is 0 Å². The summed E-state index contributed by atoms with van der Waals surface area (Å²) >= 11 is 4.36. The molecule has 0 radical (unpaired) electrons. The summed E-state index contributed by atoms with van der Waals surface area (Å²) in [4.78, 5) is 4.71. The fourth-order valence-electron chi connectivity index (χ4n) is 3.48. The molecule has 0 bridgehead atoms. The zero-order chi connectivity index (χ0) is 21.5. The van der Waals surface area contributed by atoms with Crippen LogP contribution in [-0.4, -0.2) is 41.6 Å². The van der Waals surface area contributed by atoms with E-state index in [1.165, 1.54) is 0 Å². The first-order valence-electron chi connectivity index (χ1n) is 10.1. The van der Waals surface area contributed by atoms with Crippen LogP contribution in [0, 0.1) is 11.8 Å². The van der Waals surface area contributed by atoms with Gasteiger partial charge in [-0.3, -0.25) is 5.10 Å². The van der Waals surface area contributed by atoms with E-state index >= 15 is 0 Å². The van der Waals surface area contributed by atoms with E-state index in [0.29, 0.717) is 12.2 Å². The van der Waals surface area contributed by atoms with Gasteiger partial charge in [0, 0.05) is 24.3 Å². The molecule has 31 heavy (non-hydrogen) atoms. The minimum atomic E-state index is 0.207. The second-order valence-electron chi connectivity index (χ2n) is 7.14. The summed E-state index contributed by atoms with van der Waals surface area (Å²) in [6.45, 7) is 1.85. The first-order valence-corrected chi connectivity index (χ1v) is 10.8. The molecule has 2 N–H and O–H groups in total. The van der Waals surface area contributed by atoms with Crippen LogP contribution in [0.1, 0.15) is 42.9 Å². The summed E-state index contributed by atoms with van der Waals surface area (Å²) in [5, 5.41) is 21.9. The first kappa shape index (κ1) is 20.8. The van der Waals surface area contributed by atoms with Gasteiger partial charge in [-0.1, -0.05) is 48.5 Å². The Morgan fingerprint density at radius 3 is 2.55 bits per heavy atom. The summed E-state index contributed by atoms with van der Waals surface area (Å²) < 4.78 is 0. The summed E-state index contributed by atoms with van der Waals surface area (Å²) in [6.07, 6.45) is 2.35. The van der Waals surface area contributed by atoms with E-state index in [0.717, 1.165) is 52.5 Å². The van der Waals surface area contributed by atoms with Gasteiger partial charge < -0.3 is 0 Å². The second kappa shape index (κ2) is 10.0. The smallest absolute Gasteiger partial charge is 0.205 e. The molecule has 8 heteroatoms. The SMILES string of the molecule is CC#CCC(CCS)c1n[nH]c(Cc2ccc(-c3ccccc3-c3nn[nH]n3)cc2)n1. The Bertz CT molecular complexity index is 1170. The zero-order valence-electron chi connectivity index (χ0n) is 17.2. The monoisotopic (exact) mass is 429 g/mol. The minimum Gasteiger partial charge on any atom is -0.263 e. The van der Waals surface area contributed by atoms with Gasteiger partial charge in [-0.25, -0.2) is 4.98 Å². The predicted molar refractivity (Wildman–Crippen MR) is 124 cm³/mol. The van der Waals surface area contributed by atoms with Gasteiger partial charge in [0.25, 0.3) is 0 Å². The molecule has 1 atom stereocenters. The van der Waals surface area contributed by atoms with Crippen molar-refractivity contribution >= 4 is 12.6 Å². The average Bonchev–Trinajstić information content (AvgIpc) is 3.50. The fraction of sp³-hybridized carbons (Fsp3) is 0.261. The lowest BCUT2D eigenvalue weighted by atomic mass is 9.98. The van der Waals surface area contributed by atoms with Crippen molar-refractivity contribution in [1.29, 1.82) is 0 Å². The van der Waals surface area contributed by atoms with Crippen LogP contribution in [0.3, 0.4) is 0 Å². The molecular weight excluding hydrogens is 406 g/mol. The topological polar surface area (TPSA) is 96.0 Å². The molecule has 4 rings (SSSR count). The number of H-pyrrole nitrogens is 2. The molecule has 2 aromatic heterocycles. The largest absolute Gasteiger partial charge is 0.263 e. The summed E-state index contributed by atoms with van der Waals surface area (Å²) in [6, 6.07) is 16.5. The summed E-state index contributed by atoms with van der Waals surface area (Å²) in [5.41, 5.74) is 4.25. The molecule has 1 unspecified atom stereocenters. The fourth-order valence-corrected chi connectivity index (χ4v) is 3.79. The molecule has 0 aliphatic carbocycles. The first-order chi connectivity index (χ1) is 15.3. The van der Waals surface area contributed by atoms with Crippen LogP contribution in [-0.2, 0) is 6.42 Å². The van der Waals surface area contributed by atoms with Crippen molar-refractivity contribution in [3.05, 3.63) is 65.7 Å². The lowest BCUT2D eigenvalue weighted by Crippen LogP contribution is -2.02. The van der Waals surface area contributed by atoms with Crippen LogP contribution >= 0.6 is 12.6 Å². The van der Waals surface area contributed by atoms with Crippen LogP contribution in [0.5, 0.6) is 0 Å².